The van der Waals surface area contributed by atoms with Crippen molar-refractivity contribution in [2.24, 2.45) is 0 Å². The van der Waals surface area contributed by atoms with E-state index in [0.29, 0.717) is 25.3 Å². The summed E-state index contributed by atoms with van der Waals surface area (Å²) in [5, 5.41) is 19.4. The molecule has 9 nitrogen and oxygen atoms in total. The number of H-pyrrole nitrogens is 1. The van der Waals surface area contributed by atoms with Crippen LogP contribution in [0.2, 0.25) is 0 Å². The van der Waals surface area contributed by atoms with Crippen LogP contribution < -0.4 is 5.32 Å². The Bertz CT molecular complexity index is 959. The topological polar surface area (TPSA) is 113 Å². The Morgan fingerprint density at radius 3 is 2.55 bits per heavy atom. The average molecular weight is 412 g/mol. The molecular weight excluding hydrogens is 392 g/mol. The molecule has 4 aromatic rings. The number of thiophene rings is 1. The number of nitrogens with one attached hydrogen (secondary N) is 2. The van der Waals surface area contributed by atoms with Gasteiger partial charge in [-0.25, -0.2) is 0 Å². The van der Waals surface area contributed by atoms with Gasteiger partial charge in [-0.15, -0.1) is 11.3 Å². The molecule has 4 aromatic heterocycles. The van der Waals surface area contributed by atoms with Crippen LogP contribution >= 0.6 is 11.3 Å². The van der Waals surface area contributed by atoms with E-state index in [2.05, 4.69) is 30.7 Å². The molecule has 0 unspecified atom stereocenters. The first-order valence-corrected chi connectivity index (χ1v) is 10.0. The molecule has 4 heterocycles. The van der Waals surface area contributed by atoms with Crippen molar-refractivity contribution in [3.05, 3.63) is 65.3 Å². The van der Waals surface area contributed by atoms with Gasteiger partial charge in [0.15, 0.2) is 5.69 Å². The molecule has 0 aliphatic rings. The highest BCUT2D eigenvalue weighted by Crippen LogP contribution is 2.22. The minimum absolute atomic E-state index is 0.186. The molecule has 1 amide bonds. The van der Waals surface area contributed by atoms with E-state index >= 15 is 0 Å². The van der Waals surface area contributed by atoms with Gasteiger partial charge in [-0.3, -0.25) is 14.8 Å². The summed E-state index contributed by atoms with van der Waals surface area (Å²) in [5.41, 5.74) is 3.21. The second-order valence-electron chi connectivity index (χ2n) is 6.53. The molecule has 0 spiro atoms. The van der Waals surface area contributed by atoms with E-state index in [1.807, 2.05) is 17.5 Å². The number of rotatable bonds is 10. The normalized spacial score (nSPS) is 11.2. The fourth-order valence-electron chi connectivity index (χ4n) is 2.93. The fraction of sp³-hybridized carbons (Fsp3) is 0.263. The molecular formula is C19H20N6O3S. The fourth-order valence-corrected chi connectivity index (χ4v) is 3.62. The van der Waals surface area contributed by atoms with Gasteiger partial charge in [-0.05, 0) is 23.9 Å². The van der Waals surface area contributed by atoms with Crippen LogP contribution in [-0.2, 0) is 13.1 Å². The quantitative estimate of drug-likeness (QED) is 0.385. The zero-order valence-corrected chi connectivity index (χ0v) is 16.4. The van der Waals surface area contributed by atoms with Crippen molar-refractivity contribution in [3.63, 3.8) is 0 Å². The second kappa shape index (κ2) is 9.30. The van der Waals surface area contributed by atoms with Crippen molar-refractivity contribution in [1.29, 1.82) is 0 Å². The van der Waals surface area contributed by atoms with Crippen molar-refractivity contribution in [1.82, 2.24) is 30.7 Å². The lowest BCUT2D eigenvalue weighted by Gasteiger charge is -2.20. The van der Waals surface area contributed by atoms with Crippen molar-refractivity contribution in [2.45, 2.75) is 19.5 Å². The van der Waals surface area contributed by atoms with E-state index in [1.165, 1.54) is 0 Å². The number of nitrogens with zero attached hydrogens (tertiary/aromatic N) is 4. The number of aromatic amines is 1. The summed E-state index contributed by atoms with van der Waals surface area (Å²) >= 11 is 1.60. The molecule has 4 rings (SSSR count). The van der Waals surface area contributed by atoms with Gasteiger partial charge in [0.1, 0.15) is 12.5 Å². The number of amides is 1. The molecule has 0 fully saturated rings. The SMILES string of the molecule is O=C(NCCCN(Cc1cnoc1)Cc1cnoc1)c1cc(-c2cccs2)[nH]n1. The Balaban J connectivity index is 1.26. The van der Waals surface area contributed by atoms with Gasteiger partial charge in [0, 0.05) is 37.3 Å². The maximum Gasteiger partial charge on any atom is 0.271 e. The van der Waals surface area contributed by atoms with E-state index < -0.39 is 0 Å². The lowest BCUT2D eigenvalue weighted by Crippen LogP contribution is -2.29. The van der Waals surface area contributed by atoms with Gasteiger partial charge >= 0.3 is 0 Å². The summed E-state index contributed by atoms with van der Waals surface area (Å²) in [6.45, 7) is 2.69. The van der Waals surface area contributed by atoms with E-state index in [0.717, 1.165) is 34.7 Å². The van der Waals surface area contributed by atoms with E-state index in [9.17, 15) is 4.79 Å². The Kier molecular flexibility index (Phi) is 6.13. The highest BCUT2D eigenvalue weighted by molar-refractivity contribution is 7.13. The third kappa shape index (κ3) is 5.18. The van der Waals surface area contributed by atoms with Gasteiger partial charge in [-0.2, -0.15) is 5.10 Å². The molecule has 0 aromatic carbocycles. The van der Waals surface area contributed by atoms with Gasteiger partial charge in [-0.1, -0.05) is 16.4 Å². The van der Waals surface area contributed by atoms with Crippen LogP contribution in [0.4, 0.5) is 0 Å². The van der Waals surface area contributed by atoms with E-state index in [4.69, 9.17) is 9.05 Å². The van der Waals surface area contributed by atoms with Crippen molar-refractivity contribution >= 4 is 17.2 Å². The summed E-state index contributed by atoms with van der Waals surface area (Å²) in [6.07, 6.45) is 7.44. The summed E-state index contributed by atoms with van der Waals surface area (Å²) < 4.78 is 9.82. The molecule has 0 bridgehead atoms. The lowest BCUT2D eigenvalue weighted by molar-refractivity contribution is 0.0946. The first kappa shape index (κ1) is 19.1. The van der Waals surface area contributed by atoms with Crippen molar-refractivity contribution < 1.29 is 13.8 Å². The molecule has 0 saturated heterocycles. The largest absolute Gasteiger partial charge is 0.364 e. The molecule has 0 saturated carbocycles. The van der Waals surface area contributed by atoms with Gasteiger partial charge in [0.2, 0.25) is 0 Å². The highest BCUT2D eigenvalue weighted by atomic mass is 32.1. The Morgan fingerprint density at radius 2 is 1.93 bits per heavy atom. The summed E-state index contributed by atoms with van der Waals surface area (Å²) in [7, 11) is 0. The minimum Gasteiger partial charge on any atom is -0.364 e. The standard InChI is InChI=1S/C19H20N6O3S/c26-19(17-7-16(23-24-17)18-3-1-6-29-18)20-4-2-5-25(10-14-8-21-27-12-14)11-15-9-22-28-13-15/h1,3,6-9,12-13H,2,4-5,10-11H2,(H,20,26)(H,23,24). The van der Waals surface area contributed by atoms with Crippen molar-refractivity contribution in [3.8, 4) is 10.6 Å². The summed E-state index contributed by atoms with van der Waals surface area (Å²) in [5.74, 6) is -0.186. The van der Waals surface area contributed by atoms with Crippen LogP contribution in [0.5, 0.6) is 0 Å². The highest BCUT2D eigenvalue weighted by Gasteiger charge is 2.13. The molecule has 150 valence electrons. The minimum atomic E-state index is -0.186. The van der Waals surface area contributed by atoms with Crippen LogP contribution in [0.3, 0.4) is 0 Å². The lowest BCUT2D eigenvalue weighted by atomic mass is 10.2. The van der Waals surface area contributed by atoms with Crippen LogP contribution in [0.15, 0.2) is 57.5 Å². The van der Waals surface area contributed by atoms with Crippen LogP contribution in [-0.4, -0.2) is 44.4 Å². The van der Waals surface area contributed by atoms with E-state index in [-0.39, 0.29) is 5.91 Å². The average Bonchev–Trinajstić information content (AvgIpc) is 3.52. The second-order valence-corrected chi connectivity index (χ2v) is 7.48. The summed E-state index contributed by atoms with van der Waals surface area (Å²) in [6, 6.07) is 5.72. The third-order valence-corrected chi connectivity index (χ3v) is 5.22. The first-order valence-electron chi connectivity index (χ1n) is 9.14. The van der Waals surface area contributed by atoms with E-state index in [1.54, 1.807) is 42.3 Å². The first-order chi connectivity index (χ1) is 14.3. The number of carbonyl (C=O) groups is 1. The number of aromatic nitrogens is 4. The summed E-state index contributed by atoms with van der Waals surface area (Å²) in [4.78, 5) is 15.6. The predicted octanol–water partition coefficient (Wildman–Crippen LogP) is 2.94. The zero-order valence-electron chi connectivity index (χ0n) is 15.6. The molecule has 0 radical (unpaired) electrons. The molecule has 2 N–H and O–H groups in total. The molecule has 0 aliphatic carbocycles. The Morgan fingerprint density at radius 1 is 1.17 bits per heavy atom. The van der Waals surface area contributed by atoms with Gasteiger partial charge in [0.25, 0.3) is 5.91 Å². The molecule has 29 heavy (non-hydrogen) atoms. The maximum atomic E-state index is 12.3. The maximum absolute atomic E-state index is 12.3. The van der Waals surface area contributed by atoms with Gasteiger partial charge < -0.3 is 14.4 Å². The van der Waals surface area contributed by atoms with Crippen LogP contribution in [0.25, 0.3) is 10.6 Å². The van der Waals surface area contributed by atoms with Crippen LogP contribution in [0, 0.1) is 0 Å². The number of carbonyl (C=O) groups excluding carboxylic acids is 1. The number of hydrogen-bond acceptors (Lipinski definition) is 8. The van der Waals surface area contributed by atoms with Crippen LogP contribution in [0.1, 0.15) is 28.0 Å². The monoisotopic (exact) mass is 412 g/mol. The van der Waals surface area contributed by atoms with Gasteiger partial charge in [0.05, 0.1) is 23.0 Å². The predicted molar refractivity (Wildman–Crippen MR) is 106 cm³/mol. The Hall–Kier alpha value is -3.24. The molecule has 0 atom stereocenters. The molecule has 0 aliphatic heterocycles. The third-order valence-electron chi connectivity index (χ3n) is 4.31. The zero-order chi connectivity index (χ0) is 19.9. The van der Waals surface area contributed by atoms with Crippen molar-refractivity contribution in [2.75, 3.05) is 13.1 Å². The Labute approximate surface area is 170 Å². The molecule has 10 heteroatoms. The smallest absolute Gasteiger partial charge is 0.271 e. The number of hydrogen-bond donors (Lipinski definition) is 2.